The summed E-state index contributed by atoms with van der Waals surface area (Å²) in [7, 11) is 0. The van der Waals surface area contributed by atoms with Crippen LogP contribution in [0.1, 0.15) is 86.2 Å². The Labute approximate surface area is 211 Å². The maximum absolute atomic E-state index is 13.1. The third kappa shape index (κ3) is 5.64. The molecular weight excluding hydrogens is 460 g/mol. The number of carboxylic acid groups (broad SMARTS) is 1. The van der Waals surface area contributed by atoms with Crippen LogP contribution in [0.4, 0.5) is 0 Å². The maximum Gasteiger partial charge on any atom is 0.347 e. The van der Waals surface area contributed by atoms with E-state index in [0.29, 0.717) is 17.1 Å². The lowest BCUT2D eigenvalue weighted by molar-refractivity contribution is -0.152. The molecule has 3 aromatic rings. The van der Waals surface area contributed by atoms with Gasteiger partial charge in [0.05, 0.1) is 0 Å². The summed E-state index contributed by atoms with van der Waals surface area (Å²) in [5, 5.41) is 10.5. The lowest BCUT2D eigenvalue weighted by Gasteiger charge is -2.28. The Balaban J connectivity index is 2.01. The van der Waals surface area contributed by atoms with Crippen molar-refractivity contribution in [3.05, 3.63) is 64.4 Å². The fourth-order valence-corrected chi connectivity index (χ4v) is 4.31. The molecule has 1 N–H and O–H groups in total. The monoisotopic (exact) mass is 494 g/mol. The summed E-state index contributed by atoms with van der Waals surface area (Å²) in [5.41, 5.74) is 2.83. The number of carbonyl (C=O) groups is 2. The molecule has 0 radical (unpaired) electrons. The standard InChI is InChI=1S/C29H34O5S/c1-16(2)22-13-19(14-23(17(3)4)27(22)34-29(6,7)28(31)32)9-12-24(30)26-18(5)21-11-10-20(35-8)15-25(21)33-26/h9-17H,1-8H3,(H,31,32)/b12-9+. The fraction of sp³-hybridized carbons (Fsp3) is 0.379. The molecule has 0 aliphatic rings. The average Bonchev–Trinajstić information content (AvgIpc) is 3.12. The van der Waals surface area contributed by atoms with Crippen molar-refractivity contribution in [1.82, 2.24) is 0 Å². The number of furan rings is 1. The zero-order valence-corrected chi connectivity index (χ0v) is 22.5. The van der Waals surface area contributed by atoms with Gasteiger partial charge in [0.15, 0.2) is 11.4 Å². The quantitative estimate of drug-likeness (QED) is 0.185. The average molecular weight is 495 g/mol. The number of carbonyl (C=O) groups excluding carboxylic acids is 1. The first kappa shape index (κ1) is 26.6. The van der Waals surface area contributed by atoms with Gasteiger partial charge in [0.2, 0.25) is 5.78 Å². The topological polar surface area (TPSA) is 76.7 Å². The highest BCUT2D eigenvalue weighted by Gasteiger charge is 2.32. The molecule has 1 aromatic heterocycles. The maximum atomic E-state index is 13.1. The molecule has 35 heavy (non-hydrogen) atoms. The lowest BCUT2D eigenvalue weighted by Crippen LogP contribution is -2.38. The van der Waals surface area contributed by atoms with Crippen LogP contribution in [0.3, 0.4) is 0 Å². The van der Waals surface area contributed by atoms with Gasteiger partial charge in [0.1, 0.15) is 11.3 Å². The van der Waals surface area contributed by atoms with E-state index in [1.807, 2.05) is 71.2 Å². The van der Waals surface area contributed by atoms with Crippen molar-refractivity contribution >= 4 is 40.6 Å². The summed E-state index contributed by atoms with van der Waals surface area (Å²) >= 11 is 1.63. The van der Waals surface area contributed by atoms with Crippen LogP contribution in [-0.2, 0) is 4.79 Å². The van der Waals surface area contributed by atoms with Crippen molar-refractivity contribution in [1.29, 1.82) is 0 Å². The van der Waals surface area contributed by atoms with E-state index < -0.39 is 11.6 Å². The molecule has 0 bridgehead atoms. The largest absolute Gasteiger partial charge is 0.478 e. The Hall–Kier alpha value is -2.99. The molecule has 0 atom stereocenters. The summed E-state index contributed by atoms with van der Waals surface area (Å²) in [4.78, 5) is 25.8. The third-order valence-electron chi connectivity index (χ3n) is 6.08. The van der Waals surface area contributed by atoms with E-state index in [1.54, 1.807) is 31.7 Å². The number of allylic oxidation sites excluding steroid dienone is 1. The first-order valence-electron chi connectivity index (χ1n) is 11.8. The second-order valence-electron chi connectivity index (χ2n) is 9.87. The van der Waals surface area contributed by atoms with E-state index in [9.17, 15) is 14.7 Å². The summed E-state index contributed by atoms with van der Waals surface area (Å²) < 4.78 is 12.0. The van der Waals surface area contributed by atoms with Gasteiger partial charge < -0.3 is 14.3 Å². The second-order valence-corrected chi connectivity index (χ2v) is 10.8. The number of hydrogen-bond acceptors (Lipinski definition) is 5. The number of ether oxygens (including phenoxy) is 1. The van der Waals surface area contributed by atoms with Gasteiger partial charge in [0, 0.05) is 15.8 Å². The van der Waals surface area contributed by atoms with E-state index in [2.05, 4.69) is 0 Å². The van der Waals surface area contributed by atoms with Crippen LogP contribution in [-0.4, -0.2) is 28.7 Å². The number of ketones is 1. The van der Waals surface area contributed by atoms with E-state index >= 15 is 0 Å². The van der Waals surface area contributed by atoms with E-state index in [1.165, 1.54) is 6.08 Å². The van der Waals surface area contributed by atoms with Crippen molar-refractivity contribution in [3.63, 3.8) is 0 Å². The minimum absolute atomic E-state index is 0.0967. The van der Waals surface area contributed by atoms with Crippen LogP contribution < -0.4 is 4.74 Å². The van der Waals surface area contributed by atoms with E-state index in [0.717, 1.165) is 32.5 Å². The lowest BCUT2D eigenvalue weighted by atomic mass is 9.90. The minimum atomic E-state index is -1.37. The van der Waals surface area contributed by atoms with Crippen LogP contribution >= 0.6 is 11.8 Å². The number of aryl methyl sites for hydroxylation is 1. The SMILES string of the molecule is CSc1ccc2c(C)c(C(=O)/C=C/c3cc(C(C)C)c(OC(C)(C)C(=O)O)c(C(C)C)c3)oc2c1. The van der Waals surface area contributed by atoms with Crippen molar-refractivity contribution in [3.8, 4) is 5.75 Å². The highest BCUT2D eigenvalue weighted by atomic mass is 32.2. The molecule has 5 nitrogen and oxygen atoms in total. The van der Waals surface area contributed by atoms with E-state index in [4.69, 9.17) is 9.15 Å². The van der Waals surface area contributed by atoms with Crippen molar-refractivity contribution in [2.24, 2.45) is 0 Å². The molecular formula is C29H34O5S. The minimum Gasteiger partial charge on any atom is -0.478 e. The molecule has 0 amide bonds. The Morgan fingerprint density at radius 2 is 1.66 bits per heavy atom. The molecule has 0 saturated heterocycles. The van der Waals surface area contributed by atoms with Crippen molar-refractivity contribution < 1.29 is 23.8 Å². The molecule has 2 aromatic carbocycles. The van der Waals surface area contributed by atoms with Crippen molar-refractivity contribution in [2.45, 2.75) is 70.8 Å². The van der Waals surface area contributed by atoms with Gasteiger partial charge >= 0.3 is 5.97 Å². The Kier molecular flexibility index (Phi) is 7.85. The van der Waals surface area contributed by atoms with Crippen LogP contribution in [0.2, 0.25) is 0 Å². The molecule has 186 valence electrons. The smallest absolute Gasteiger partial charge is 0.347 e. The molecule has 1 heterocycles. The van der Waals surface area contributed by atoms with Crippen LogP contribution in [0.5, 0.6) is 5.75 Å². The number of hydrogen-bond donors (Lipinski definition) is 1. The number of aliphatic carboxylic acids is 1. The normalized spacial score (nSPS) is 12.3. The zero-order chi connectivity index (χ0) is 26.1. The van der Waals surface area contributed by atoms with Gasteiger partial charge in [-0.2, -0.15) is 0 Å². The summed E-state index contributed by atoms with van der Waals surface area (Å²) in [5.74, 6) is -0.0931. The van der Waals surface area contributed by atoms with Crippen LogP contribution in [0.15, 0.2) is 45.7 Å². The first-order valence-corrected chi connectivity index (χ1v) is 13.0. The molecule has 0 aliphatic heterocycles. The van der Waals surface area contributed by atoms with Crippen LogP contribution in [0.25, 0.3) is 17.0 Å². The molecule has 0 spiro atoms. The fourth-order valence-electron chi connectivity index (χ4n) is 3.88. The highest BCUT2D eigenvalue weighted by Crippen LogP contribution is 2.38. The van der Waals surface area contributed by atoms with Gasteiger partial charge in [-0.1, -0.05) is 33.8 Å². The van der Waals surface area contributed by atoms with E-state index in [-0.39, 0.29) is 17.6 Å². The predicted octanol–water partition coefficient (Wildman–Crippen LogP) is 7.85. The molecule has 0 saturated carbocycles. The third-order valence-corrected chi connectivity index (χ3v) is 6.81. The number of rotatable bonds is 9. The highest BCUT2D eigenvalue weighted by molar-refractivity contribution is 7.98. The van der Waals surface area contributed by atoms with Gasteiger partial charge in [-0.05, 0) is 92.0 Å². The molecule has 0 unspecified atom stereocenters. The first-order chi connectivity index (χ1) is 16.4. The Morgan fingerprint density at radius 3 is 2.17 bits per heavy atom. The van der Waals surface area contributed by atoms with Gasteiger partial charge in [-0.25, -0.2) is 4.79 Å². The summed E-state index contributed by atoms with van der Waals surface area (Å²) in [6.45, 7) is 13.2. The zero-order valence-electron chi connectivity index (χ0n) is 21.7. The number of thioether (sulfide) groups is 1. The predicted molar refractivity (Wildman–Crippen MR) is 143 cm³/mol. The molecule has 0 fully saturated rings. The number of fused-ring (bicyclic) bond motifs is 1. The Bertz CT molecular complexity index is 1260. The summed E-state index contributed by atoms with van der Waals surface area (Å²) in [6.07, 6.45) is 5.32. The second kappa shape index (κ2) is 10.3. The Morgan fingerprint density at radius 1 is 1.06 bits per heavy atom. The van der Waals surface area contributed by atoms with Gasteiger partial charge in [-0.3, -0.25) is 4.79 Å². The number of carboxylic acids is 1. The number of benzene rings is 2. The molecule has 6 heteroatoms. The van der Waals surface area contributed by atoms with Gasteiger partial charge in [0.25, 0.3) is 0 Å². The van der Waals surface area contributed by atoms with Crippen molar-refractivity contribution in [2.75, 3.05) is 6.26 Å². The van der Waals surface area contributed by atoms with Gasteiger partial charge in [-0.15, -0.1) is 11.8 Å². The van der Waals surface area contributed by atoms with Crippen LogP contribution in [0, 0.1) is 6.92 Å². The summed E-state index contributed by atoms with van der Waals surface area (Å²) in [6, 6.07) is 9.89. The molecule has 3 rings (SSSR count). The molecule has 0 aliphatic carbocycles.